The van der Waals surface area contributed by atoms with Crippen molar-refractivity contribution in [3.63, 3.8) is 0 Å². The van der Waals surface area contributed by atoms with Crippen LogP contribution >= 0.6 is 0 Å². The second-order valence-corrected chi connectivity index (χ2v) is 3.88. The van der Waals surface area contributed by atoms with Crippen molar-refractivity contribution >= 4 is 22.9 Å². The summed E-state index contributed by atoms with van der Waals surface area (Å²) >= 11 is 0. The highest BCUT2D eigenvalue weighted by Crippen LogP contribution is 2.06. The van der Waals surface area contributed by atoms with Gasteiger partial charge in [0, 0.05) is 13.0 Å². The first-order valence-electron chi connectivity index (χ1n) is 5.76. The van der Waals surface area contributed by atoms with Crippen LogP contribution in [0.4, 0.5) is 0 Å². The second kappa shape index (κ2) is 5.85. The van der Waals surface area contributed by atoms with Crippen LogP contribution in [0.15, 0.2) is 24.3 Å². The van der Waals surface area contributed by atoms with E-state index in [2.05, 4.69) is 20.5 Å². The standard InChI is InChI=1S/C12H12N4O3/c17-10(18)6-3-7-13-12(19)11-14-8-4-1-2-5-9(8)15-16-11/h1-2,4-5H,3,6-7H2,(H,13,19)(H,17,18). The Morgan fingerprint density at radius 3 is 2.63 bits per heavy atom. The van der Waals surface area contributed by atoms with E-state index in [-0.39, 0.29) is 18.8 Å². The summed E-state index contributed by atoms with van der Waals surface area (Å²) in [6, 6.07) is 7.10. The maximum absolute atomic E-state index is 11.7. The fourth-order valence-electron chi connectivity index (χ4n) is 1.50. The van der Waals surface area contributed by atoms with Crippen LogP contribution in [-0.4, -0.2) is 38.7 Å². The van der Waals surface area contributed by atoms with E-state index in [1.54, 1.807) is 18.2 Å². The topological polar surface area (TPSA) is 105 Å². The van der Waals surface area contributed by atoms with E-state index in [9.17, 15) is 9.59 Å². The van der Waals surface area contributed by atoms with Crippen LogP contribution in [0.5, 0.6) is 0 Å². The largest absolute Gasteiger partial charge is 0.481 e. The first-order chi connectivity index (χ1) is 9.16. The lowest BCUT2D eigenvalue weighted by Gasteiger charge is -2.03. The van der Waals surface area contributed by atoms with E-state index in [1.165, 1.54) is 0 Å². The molecule has 1 aromatic carbocycles. The summed E-state index contributed by atoms with van der Waals surface area (Å²) in [7, 11) is 0. The Morgan fingerprint density at radius 2 is 1.89 bits per heavy atom. The van der Waals surface area contributed by atoms with Gasteiger partial charge in [-0.3, -0.25) is 9.59 Å². The predicted molar refractivity (Wildman–Crippen MR) is 66.5 cm³/mol. The zero-order valence-corrected chi connectivity index (χ0v) is 10.0. The number of amides is 1. The normalized spacial score (nSPS) is 10.3. The van der Waals surface area contributed by atoms with Gasteiger partial charge in [-0.1, -0.05) is 12.1 Å². The molecule has 2 N–H and O–H groups in total. The number of aliphatic carboxylic acids is 1. The molecule has 0 aliphatic heterocycles. The highest BCUT2D eigenvalue weighted by atomic mass is 16.4. The highest BCUT2D eigenvalue weighted by Gasteiger charge is 2.10. The number of hydrogen-bond acceptors (Lipinski definition) is 5. The summed E-state index contributed by atoms with van der Waals surface area (Å²) in [4.78, 5) is 26.1. The smallest absolute Gasteiger partial charge is 0.303 e. The van der Waals surface area contributed by atoms with E-state index in [0.717, 1.165) is 0 Å². The Labute approximate surface area is 108 Å². The number of benzene rings is 1. The molecule has 0 atom stereocenters. The molecule has 0 saturated heterocycles. The second-order valence-electron chi connectivity index (χ2n) is 3.88. The van der Waals surface area contributed by atoms with Gasteiger partial charge in [0.25, 0.3) is 5.91 Å². The van der Waals surface area contributed by atoms with Crippen LogP contribution in [0.1, 0.15) is 23.5 Å². The highest BCUT2D eigenvalue weighted by molar-refractivity contribution is 5.91. The van der Waals surface area contributed by atoms with Gasteiger partial charge in [0.2, 0.25) is 5.82 Å². The minimum Gasteiger partial charge on any atom is -0.481 e. The fourth-order valence-corrected chi connectivity index (χ4v) is 1.50. The number of carbonyl (C=O) groups is 2. The Balaban J connectivity index is 1.99. The quantitative estimate of drug-likeness (QED) is 0.763. The third-order valence-corrected chi connectivity index (χ3v) is 2.42. The average molecular weight is 260 g/mol. The average Bonchev–Trinajstić information content (AvgIpc) is 2.42. The molecule has 19 heavy (non-hydrogen) atoms. The van der Waals surface area contributed by atoms with Gasteiger partial charge in [-0.05, 0) is 18.6 Å². The van der Waals surface area contributed by atoms with Crippen LogP contribution < -0.4 is 5.32 Å². The van der Waals surface area contributed by atoms with E-state index < -0.39 is 11.9 Å². The van der Waals surface area contributed by atoms with Gasteiger partial charge in [-0.2, -0.15) is 0 Å². The molecule has 0 radical (unpaired) electrons. The van der Waals surface area contributed by atoms with Crippen molar-refractivity contribution in [3.8, 4) is 0 Å². The molecular formula is C12H12N4O3. The fraction of sp³-hybridized carbons (Fsp3) is 0.250. The van der Waals surface area contributed by atoms with E-state index in [4.69, 9.17) is 5.11 Å². The molecule has 0 fully saturated rings. The molecule has 0 bridgehead atoms. The zero-order chi connectivity index (χ0) is 13.7. The first kappa shape index (κ1) is 12.9. The Bertz CT molecular complexity index is 615. The van der Waals surface area contributed by atoms with Gasteiger partial charge in [0.05, 0.1) is 5.52 Å². The summed E-state index contributed by atoms with van der Waals surface area (Å²) in [5.41, 5.74) is 1.21. The molecule has 1 amide bonds. The number of hydrogen-bond donors (Lipinski definition) is 2. The molecule has 98 valence electrons. The summed E-state index contributed by atoms with van der Waals surface area (Å²) in [5.74, 6) is -1.37. The molecule has 0 aliphatic carbocycles. The molecule has 2 aromatic rings. The lowest BCUT2D eigenvalue weighted by molar-refractivity contribution is -0.137. The number of fused-ring (bicyclic) bond motifs is 1. The Morgan fingerprint density at radius 1 is 1.16 bits per heavy atom. The summed E-state index contributed by atoms with van der Waals surface area (Å²) in [6.45, 7) is 0.265. The van der Waals surface area contributed by atoms with Crippen LogP contribution in [0.3, 0.4) is 0 Å². The van der Waals surface area contributed by atoms with E-state index in [1.807, 2.05) is 6.07 Å². The Kier molecular flexibility index (Phi) is 3.97. The van der Waals surface area contributed by atoms with E-state index in [0.29, 0.717) is 17.5 Å². The van der Waals surface area contributed by atoms with Gasteiger partial charge in [-0.15, -0.1) is 10.2 Å². The van der Waals surface area contributed by atoms with Gasteiger partial charge < -0.3 is 10.4 Å². The third kappa shape index (κ3) is 3.44. The summed E-state index contributed by atoms with van der Waals surface area (Å²) in [6.07, 6.45) is 0.374. The van der Waals surface area contributed by atoms with Crippen LogP contribution in [-0.2, 0) is 4.79 Å². The predicted octanol–water partition coefficient (Wildman–Crippen LogP) is 0.619. The van der Waals surface area contributed by atoms with E-state index >= 15 is 0 Å². The molecule has 7 nitrogen and oxygen atoms in total. The minimum atomic E-state index is -0.891. The molecule has 0 spiro atoms. The van der Waals surface area contributed by atoms with Gasteiger partial charge in [-0.25, -0.2) is 4.98 Å². The van der Waals surface area contributed by atoms with Crippen LogP contribution in [0, 0.1) is 0 Å². The molecule has 1 heterocycles. The lowest BCUT2D eigenvalue weighted by Crippen LogP contribution is -2.27. The zero-order valence-electron chi connectivity index (χ0n) is 10.0. The number of rotatable bonds is 5. The van der Waals surface area contributed by atoms with Crippen molar-refractivity contribution in [1.82, 2.24) is 20.5 Å². The van der Waals surface area contributed by atoms with Crippen molar-refractivity contribution in [3.05, 3.63) is 30.1 Å². The summed E-state index contributed by atoms with van der Waals surface area (Å²) in [5, 5.41) is 18.6. The third-order valence-electron chi connectivity index (χ3n) is 2.42. The number of nitrogens with zero attached hydrogens (tertiary/aromatic N) is 3. The van der Waals surface area contributed by atoms with Gasteiger partial charge >= 0.3 is 5.97 Å². The first-order valence-corrected chi connectivity index (χ1v) is 5.76. The molecule has 1 aromatic heterocycles. The molecule has 7 heteroatoms. The van der Waals surface area contributed by atoms with Crippen molar-refractivity contribution in [2.24, 2.45) is 0 Å². The number of para-hydroxylation sites is 1. The van der Waals surface area contributed by atoms with Gasteiger partial charge in [0.15, 0.2) is 0 Å². The van der Waals surface area contributed by atoms with Crippen molar-refractivity contribution in [2.75, 3.05) is 6.54 Å². The molecule has 0 unspecified atom stereocenters. The SMILES string of the molecule is O=C(O)CCCNC(=O)c1nnc2ccccc2n1. The molecule has 0 aliphatic rings. The molecular weight excluding hydrogens is 248 g/mol. The van der Waals surface area contributed by atoms with Crippen molar-refractivity contribution < 1.29 is 14.7 Å². The number of carbonyl (C=O) groups excluding carboxylic acids is 1. The van der Waals surface area contributed by atoms with Crippen molar-refractivity contribution in [2.45, 2.75) is 12.8 Å². The van der Waals surface area contributed by atoms with Crippen LogP contribution in [0.25, 0.3) is 11.0 Å². The molecule has 0 saturated carbocycles. The monoisotopic (exact) mass is 260 g/mol. The number of carboxylic acids is 1. The van der Waals surface area contributed by atoms with Crippen molar-refractivity contribution in [1.29, 1.82) is 0 Å². The van der Waals surface area contributed by atoms with Gasteiger partial charge in [0.1, 0.15) is 5.52 Å². The lowest BCUT2D eigenvalue weighted by atomic mass is 10.3. The molecule has 2 rings (SSSR count). The number of carboxylic acid groups (broad SMARTS) is 1. The summed E-state index contributed by atoms with van der Waals surface area (Å²) < 4.78 is 0. The Hall–Kier alpha value is -2.57. The number of nitrogens with one attached hydrogen (secondary N) is 1. The van der Waals surface area contributed by atoms with Crippen LogP contribution in [0.2, 0.25) is 0 Å². The number of aromatic nitrogens is 3. The maximum Gasteiger partial charge on any atom is 0.303 e. The maximum atomic E-state index is 11.7. The minimum absolute atomic E-state index is 0.0110.